The summed E-state index contributed by atoms with van der Waals surface area (Å²) >= 11 is 2.45. The SMILES string of the molecule is CC1CN=C(c2c(F)c(F)c(Br)c(F)c2F)N1. The van der Waals surface area contributed by atoms with Crippen molar-refractivity contribution in [2.45, 2.75) is 13.0 Å². The zero-order valence-electron chi connectivity index (χ0n) is 8.62. The molecule has 0 radical (unpaired) electrons. The molecule has 2 rings (SSSR count). The predicted molar refractivity (Wildman–Crippen MR) is 58.0 cm³/mol. The molecule has 1 aromatic carbocycles. The fourth-order valence-electron chi connectivity index (χ4n) is 1.52. The maximum Gasteiger partial charge on any atom is 0.176 e. The summed E-state index contributed by atoms with van der Waals surface area (Å²) in [6.07, 6.45) is 0. The van der Waals surface area contributed by atoms with Crippen LogP contribution in [0.3, 0.4) is 0 Å². The molecule has 92 valence electrons. The summed E-state index contributed by atoms with van der Waals surface area (Å²) in [6.45, 7) is 2.03. The molecule has 1 aliphatic heterocycles. The van der Waals surface area contributed by atoms with Crippen LogP contribution in [-0.4, -0.2) is 18.4 Å². The summed E-state index contributed by atoms with van der Waals surface area (Å²) in [4.78, 5) is 3.80. The van der Waals surface area contributed by atoms with Crippen molar-refractivity contribution in [1.29, 1.82) is 0 Å². The summed E-state index contributed by atoms with van der Waals surface area (Å²) in [6, 6.07) is -0.126. The third-order valence-corrected chi connectivity index (χ3v) is 3.05. The van der Waals surface area contributed by atoms with Crippen molar-refractivity contribution in [1.82, 2.24) is 5.32 Å². The Balaban J connectivity index is 2.62. The van der Waals surface area contributed by atoms with Gasteiger partial charge in [-0.15, -0.1) is 0 Å². The first kappa shape index (κ1) is 12.3. The molecular formula is C10H7BrF4N2. The number of halogens is 5. The molecule has 0 saturated carbocycles. The topological polar surface area (TPSA) is 24.4 Å². The van der Waals surface area contributed by atoms with Gasteiger partial charge in [-0.05, 0) is 22.9 Å². The minimum Gasteiger partial charge on any atom is -0.365 e. The van der Waals surface area contributed by atoms with E-state index in [1.807, 2.05) is 0 Å². The van der Waals surface area contributed by atoms with Crippen LogP contribution in [0.1, 0.15) is 12.5 Å². The van der Waals surface area contributed by atoms with E-state index in [0.29, 0.717) is 6.54 Å². The molecular weight excluding hydrogens is 304 g/mol. The minimum atomic E-state index is -1.47. The van der Waals surface area contributed by atoms with Crippen LogP contribution in [0, 0.1) is 23.3 Å². The predicted octanol–water partition coefficient (Wildman–Crippen LogP) is 2.74. The number of rotatable bonds is 1. The van der Waals surface area contributed by atoms with E-state index in [1.54, 1.807) is 6.92 Å². The quantitative estimate of drug-likeness (QED) is 0.481. The third kappa shape index (κ3) is 1.92. The molecule has 0 fully saturated rings. The van der Waals surface area contributed by atoms with Gasteiger partial charge in [0.1, 0.15) is 5.84 Å². The zero-order chi connectivity index (χ0) is 12.7. The number of hydrogen-bond donors (Lipinski definition) is 1. The highest BCUT2D eigenvalue weighted by atomic mass is 79.9. The van der Waals surface area contributed by atoms with Gasteiger partial charge < -0.3 is 5.32 Å². The normalized spacial score (nSPS) is 19.2. The highest BCUT2D eigenvalue weighted by Gasteiger charge is 2.29. The molecule has 0 saturated heterocycles. The fraction of sp³-hybridized carbons (Fsp3) is 0.300. The molecule has 0 aliphatic carbocycles. The molecule has 0 spiro atoms. The van der Waals surface area contributed by atoms with Crippen LogP contribution in [0.2, 0.25) is 0 Å². The second-order valence-electron chi connectivity index (χ2n) is 3.68. The Labute approximate surface area is 103 Å². The monoisotopic (exact) mass is 310 g/mol. The lowest BCUT2D eigenvalue weighted by Crippen LogP contribution is -2.29. The maximum absolute atomic E-state index is 13.5. The lowest BCUT2D eigenvalue weighted by atomic mass is 10.1. The van der Waals surface area contributed by atoms with E-state index >= 15 is 0 Å². The Hall–Kier alpha value is -1.11. The third-order valence-electron chi connectivity index (χ3n) is 2.35. The number of amidine groups is 1. The van der Waals surface area contributed by atoms with Gasteiger partial charge in [0.2, 0.25) is 0 Å². The zero-order valence-corrected chi connectivity index (χ0v) is 10.2. The summed E-state index contributed by atoms with van der Waals surface area (Å²) in [5, 5.41) is 2.65. The molecule has 0 amide bonds. The van der Waals surface area contributed by atoms with Crippen LogP contribution in [0.25, 0.3) is 0 Å². The lowest BCUT2D eigenvalue weighted by Gasteiger charge is -2.10. The largest absolute Gasteiger partial charge is 0.365 e. The Kier molecular flexibility index (Phi) is 3.11. The van der Waals surface area contributed by atoms with Gasteiger partial charge in [-0.25, -0.2) is 17.6 Å². The minimum absolute atomic E-state index is 0.126. The smallest absolute Gasteiger partial charge is 0.176 e. The molecule has 1 aromatic rings. The first-order chi connectivity index (χ1) is 7.93. The standard InChI is InChI=1S/C10H7BrF4N2/c1-3-2-16-10(17-3)4-6(12)8(14)5(11)9(15)7(4)13/h3H,2H2,1H3,(H,16,17). The van der Waals surface area contributed by atoms with Crippen LogP contribution in [0.5, 0.6) is 0 Å². The average molecular weight is 311 g/mol. The molecule has 17 heavy (non-hydrogen) atoms. The number of nitrogens with one attached hydrogen (secondary N) is 1. The van der Waals surface area contributed by atoms with Crippen LogP contribution in [0.4, 0.5) is 17.6 Å². The van der Waals surface area contributed by atoms with Crippen molar-refractivity contribution in [3.05, 3.63) is 33.3 Å². The molecule has 7 heteroatoms. The van der Waals surface area contributed by atoms with E-state index in [0.717, 1.165) is 0 Å². The molecule has 1 aliphatic rings. The van der Waals surface area contributed by atoms with Crippen LogP contribution < -0.4 is 5.32 Å². The highest BCUT2D eigenvalue weighted by molar-refractivity contribution is 9.10. The van der Waals surface area contributed by atoms with Crippen molar-refractivity contribution in [3.8, 4) is 0 Å². The van der Waals surface area contributed by atoms with E-state index in [2.05, 4.69) is 26.2 Å². The Bertz CT molecular complexity index is 487. The Morgan fingerprint density at radius 2 is 1.65 bits per heavy atom. The van der Waals surface area contributed by atoms with E-state index in [1.165, 1.54) is 0 Å². The van der Waals surface area contributed by atoms with Gasteiger partial charge in [0.05, 0.1) is 16.6 Å². The van der Waals surface area contributed by atoms with Crippen molar-refractivity contribution < 1.29 is 17.6 Å². The van der Waals surface area contributed by atoms with E-state index in [9.17, 15) is 17.6 Å². The maximum atomic E-state index is 13.5. The molecule has 2 nitrogen and oxygen atoms in total. The number of aliphatic imine (C=N–C) groups is 1. The fourth-order valence-corrected chi connectivity index (χ4v) is 1.87. The van der Waals surface area contributed by atoms with Gasteiger partial charge in [-0.2, -0.15) is 0 Å². The molecule has 0 bridgehead atoms. The van der Waals surface area contributed by atoms with Gasteiger partial charge in [0.25, 0.3) is 0 Å². The summed E-state index contributed by atoms with van der Waals surface area (Å²) < 4.78 is 52.8. The molecule has 1 N–H and O–H groups in total. The van der Waals surface area contributed by atoms with Crippen LogP contribution >= 0.6 is 15.9 Å². The number of benzene rings is 1. The number of hydrogen-bond acceptors (Lipinski definition) is 2. The molecule has 1 heterocycles. The molecule has 1 atom stereocenters. The van der Waals surface area contributed by atoms with Crippen molar-refractivity contribution in [2.24, 2.45) is 4.99 Å². The Morgan fingerprint density at radius 3 is 2.06 bits per heavy atom. The van der Waals surface area contributed by atoms with Gasteiger partial charge in [-0.3, -0.25) is 4.99 Å². The van der Waals surface area contributed by atoms with Crippen molar-refractivity contribution in [2.75, 3.05) is 6.54 Å². The van der Waals surface area contributed by atoms with Gasteiger partial charge in [0.15, 0.2) is 23.3 Å². The van der Waals surface area contributed by atoms with E-state index in [4.69, 9.17) is 0 Å². The second-order valence-corrected chi connectivity index (χ2v) is 4.47. The first-order valence-corrected chi connectivity index (χ1v) is 5.55. The van der Waals surface area contributed by atoms with Crippen molar-refractivity contribution >= 4 is 21.8 Å². The van der Waals surface area contributed by atoms with Gasteiger partial charge in [-0.1, -0.05) is 0 Å². The Morgan fingerprint density at radius 1 is 1.12 bits per heavy atom. The van der Waals surface area contributed by atoms with Crippen molar-refractivity contribution in [3.63, 3.8) is 0 Å². The average Bonchev–Trinajstić information content (AvgIpc) is 2.71. The molecule has 1 unspecified atom stereocenters. The summed E-state index contributed by atoms with van der Waals surface area (Å²) in [5.41, 5.74) is -0.799. The van der Waals surface area contributed by atoms with Crippen LogP contribution in [-0.2, 0) is 0 Å². The first-order valence-electron chi connectivity index (χ1n) is 4.76. The summed E-state index contributed by atoms with van der Waals surface area (Å²) in [5.74, 6) is -6.03. The summed E-state index contributed by atoms with van der Waals surface area (Å²) in [7, 11) is 0. The van der Waals surface area contributed by atoms with Gasteiger partial charge >= 0.3 is 0 Å². The van der Waals surface area contributed by atoms with E-state index < -0.39 is 33.3 Å². The molecule has 0 aromatic heterocycles. The van der Waals surface area contributed by atoms with Gasteiger partial charge in [0, 0.05) is 6.04 Å². The lowest BCUT2D eigenvalue weighted by molar-refractivity contribution is 0.443. The number of nitrogens with zero attached hydrogens (tertiary/aromatic N) is 1. The van der Waals surface area contributed by atoms with Crippen LogP contribution in [0.15, 0.2) is 9.47 Å². The van der Waals surface area contributed by atoms with E-state index in [-0.39, 0.29) is 11.9 Å². The highest BCUT2D eigenvalue weighted by Crippen LogP contribution is 2.28. The second kappa shape index (κ2) is 4.29.